The van der Waals surface area contributed by atoms with E-state index in [-0.39, 0.29) is 0 Å². The molecule has 0 aromatic rings. The lowest BCUT2D eigenvalue weighted by atomic mass is 9.95. The first kappa shape index (κ1) is 14.7. The van der Waals surface area contributed by atoms with Crippen LogP contribution in [0.2, 0.25) is 0 Å². The molecule has 0 saturated heterocycles. The monoisotopic (exact) mass is 256 g/mol. The third kappa shape index (κ3) is 5.24. The highest BCUT2D eigenvalue weighted by atomic mass is 32.1. The van der Waals surface area contributed by atoms with E-state index in [1.165, 1.54) is 44.9 Å². The molecule has 0 aliphatic heterocycles. The Morgan fingerprint density at radius 3 is 2.29 bits per heavy atom. The second-order valence-corrected chi connectivity index (χ2v) is 5.73. The van der Waals surface area contributed by atoms with E-state index in [4.69, 9.17) is 12.2 Å². The van der Waals surface area contributed by atoms with Gasteiger partial charge in [-0.1, -0.05) is 46.0 Å². The molecule has 1 saturated carbocycles. The van der Waals surface area contributed by atoms with Gasteiger partial charge in [-0.2, -0.15) is 0 Å². The van der Waals surface area contributed by atoms with Gasteiger partial charge in [-0.05, 0) is 37.9 Å². The zero-order chi connectivity index (χ0) is 12.7. The summed E-state index contributed by atoms with van der Waals surface area (Å²) in [7, 11) is 0. The normalized spacial score (nSPS) is 19.1. The summed E-state index contributed by atoms with van der Waals surface area (Å²) >= 11 is 5.40. The minimum Gasteiger partial charge on any atom is -0.360 e. The van der Waals surface area contributed by atoms with E-state index < -0.39 is 0 Å². The molecule has 0 aromatic heterocycles. The quantitative estimate of drug-likeness (QED) is 0.735. The van der Waals surface area contributed by atoms with E-state index in [1.807, 2.05) is 0 Å². The van der Waals surface area contributed by atoms with Gasteiger partial charge in [0.15, 0.2) is 5.11 Å². The van der Waals surface area contributed by atoms with E-state index in [1.54, 1.807) is 0 Å². The van der Waals surface area contributed by atoms with Gasteiger partial charge in [-0.3, -0.25) is 0 Å². The van der Waals surface area contributed by atoms with Gasteiger partial charge in [0.25, 0.3) is 0 Å². The average molecular weight is 256 g/mol. The van der Waals surface area contributed by atoms with E-state index in [0.717, 1.165) is 11.0 Å². The number of thiocarbonyl (C=S) groups is 1. The van der Waals surface area contributed by atoms with Crippen molar-refractivity contribution in [3.05, 3.63) is 0 Å². The fourth-order valence-corrected chi connectivity index (χ4v) is 3.15. The van der Waals surface area contributed by atoms with Gasteiger partial charge in [0.2, 0.25) is 0 Å². The molecule has 17 heavy (non-hydrogen) atoms. The number of rotatable bonds is 5. The minimum absolute atomic E-state index is 0.480. The van der Waals surface area contributed by atoms with Crippen LogP contribution in [0.4, 0.5) is 0 Å². The third-order valence-electron chi connectivity index (χ3n) is 4.06. The molecule has 3 heteroatoms. The van der Waals surface area contributed by atoms with Crippen molar-refractivity contribution < 1.29 is 0 Å². The number of hydrogen-bond acceptors (Lipinski definition) is 1. The van der Waals surface area contributed by atoms with Gasteiger partial charge in [0.05, 0.1) is 0 Å². The molecular weight excluding hydrogens is 228 g/mol. The second-order valence-electron chi connectivity index (χ2n) is 5.32. The SMILES string of the molecule is CCC(CC)C(C)NC(=S)NC1CCCCC1. The minimum atomic E-state index is 0.480. The van der Waals surface area contributed by atoms with Crippen molar-refractivity contribution in [3.8, 4) is 0 Å². The van der Waals surface area contributed by atoms with E-state index in [2.05, 4.69) is 31.4 Å². The Balaban J connectivity index is 2.27. The number of hydrogen-bond donors (Lipinski definition) is 2. The van der Waals surface area contributed by atoms with E-state index >= 15 is 0 Å². The largest absolute Gasteiger partial charge is 0.360 e. The first-order chi connectivity index (χ1) is 8.17. The molecule has 0 radical (unpaired) electrons. The van der Waals surface area contributed by atoms with Crippen molar-refractivity contribution in [3.63, 3.8) is 0 Å². The lowest BCUT2D eigenvalue weighted by Crippen LogP contribution is -2.47. The molecule has 1 rings (SSSR count). The van der Waals surface area contributed by atoms with Crippen LogP contribution in [0, 0.1) is 5.92 Å². The van der Waals surface area contributed by atoms with Crippen molar-refractivity contribution in [2.45, 2.75) is 77.8 Å². The molecule has 0 amide bonds. The van der Waals surface area contributed by atoms with Crippen LogP contribution in [0.25, 0.3) is 0 Å². The Kier molecular flexibility index (Phi) is 6.86. The van der Waals surface area contributed by atoms with Crippen LogP contribution in [0.5, 0.6) is 0 Å². The summed E-state index contributed by atoms with van der Waals surface area (Å²) in [5.74, 6) is 0.723. The molecule has 100 valence electrons. The Morgan fingerprint density at radius 1 is 1.18 bits per heavy atom. The molecule has 0 aromatic carbocycles. The fourth-order valence-electron chi connectivity index (χ4n) is 2.79. The standard InChI is InChI=1S/C14H28N2S/c1-4-12(5-2)11(3)15-14(17)16-13-9-7-6-8-10-13/h11-13H,4-10H2,1-3H3,(H2,15,16,17). The van der Waals surface area contributed by atoms with Gasteiger partial charge in [-0.15, -0.1) is 0 Å². The van der Waals surface area contributed by atoms with Crippen molar-refractivity contribution >= 4 is 17.3 Å². The predicted molar refractivity (Wildman–Crippen MR) is 79.3 cm³/mol. The van der Waals surface area contributed by atoms with Gasteiger partial charge < -0.3 is 10.6 Å². The van der Waals surface area contributed by atoms with Gasteiger partial charge >= 0.3 is 0 Å². The molecule has 0 heterocycles. The molecule has 2 N–H and O–H groups in total. The van der Waals surface area contributed by atoms with E-state index in [0.29, 0.717) is 12.1 Å². The van der Waals surface area contributed by atoms with Crippen molar-refractivity contribution in [1.29, 1.82) is 0 Å². The Labute approximate surface area is 112 Å². The molecule has 1 aliphatic rings. The maximum Gasteiger partial charge on any atom is 0.166 e. The molecule has 1 aliphatic carbocycles. The maximum absolute atomic E-state index is 5.40. The third-order valence-corrected chi connectivity index (χ3v) is 4.29. The summed E-state index contributed by atoms with van der Waals surface area (Å²) < 4.78 is 0. The Bertz CT molecular complexity index is 220. The van der Waals surface area contributed by atoms with Crippen LogP contribution in [-0.4, -0.2) is 17.2 Å². The summed E-state index contributed by atoms with van der Waals surface area (Å²) in [6.07, 6.45) is 9.09. The van der Waals surface area contributed by atoms with Gasteiger partial charge in [-0.25, -0.2) is 0 Å². The van der Waals surface area contributed by atoms with Crippen LogP contribution in [0.1, 0.15) is 65.7 Å². The second kappa shape index (κ2) is 7.91. The summed E-state index contributed by atoms with van der Waals surface area (Å²) in [4.78, 5) is 0. The molecule has 1 atom stereocenters. The summed E-state index contributed by atoms with van der Waals surface area (Å²) in [6, 6.07) is 1.09. The fraction of sp³-hybridized carbons (Fsp3) is 0.929. The topological polar surface area (TPSA) is 24.1 Å². The zero-order valence-corrected chi connectivity index (χ0v) is 12.4. The Morgan fingerprint density at radius 2 is 1.76 bits per heavy atom. The molecule has 1 unspecified atom stereocenters. The molecule has 2 nitrogen and oxygen atoms in total. The van der Waals surface area contributed by atoms with Crippen molar-refractivity contribution in [1.82, 2.24) is 10.6 Å². The highest BCUT2D eigenvalue weighted by Crippen LogP contribution is 2.17. The lowest BCUT2D eigenvalue weighted by Gasteiger charge is -2.28. The summed E-state index contributed by atoms with van der Waals surface area (Å²) in [6.45, 7) is 6.75. The molecule has 0 bridgehead atoms. The predicted octanol–water partition coefficient (Wildman–Crippen LogP) is 3.61. The Hall–Kier alpha value is -0.310. The highest BCUT2D eigenvalue weighted by Gasteiger charge is 2.17. The van der Waals surface area contributed by atoms with Crippen molar-refractivity contribution in [2.24, 2.45) is 5.92 Å². The highest BCUT2D eigenvalue weighted by molar-refractivity contribution is 7.80. The van der Waals surface area contributed by atoms with Crippen LogP contribution >= 0.6 is 12.2 Å². The molecular formula is C14H28N2S. The van der Waals surface area contributed by atoms with Gasteiger partial charge in [0.1, 0.15) is 0 Å². The smallest absolute Gasteiger partial charge is 0.166 e. The maximum atomic E-state index is 5.40. The van der Waals surface area contributed by atoms with Crippen LogP contribution < -0.4 is 10.6 Å². The van der Waals surface area contributed by atoms with E-state index in [9.17, 15) is 0 Å². The molecule has 1 fully saturated rings. The number of nitrogens with one attached hydrogen (secondary N) is 2. The van der Waals surface area contributed by atoms with Crippen LogP contribution in [-0.2, 0) is 0 Å². The first-order valence-corrected chi connectivity index (χ1v) is 7.65. The first-order valence-electron chi connectivity index (χ1n) is 7.24. The van der Waals surface area contributed by atoms with Gasteiger partial charge in [0, 0.05) is 12.1 Å². The summed E-state index contributed by atoms with van der Waals surface area (Å²) in [5.41, 5.74) is 0. The zero-order valence-electron chi connectivity index (χ0n) is 11.6. The van der Waals surface area contributed by atoms with Crippen LogP contribution in [0.3, 0.4) is 0 Å². The lowest BCUT2D eigenvalue weighted by molar-refractivity contribution is 0.379. The van der Waals surface area contributed by atoms with Crippen LogP contribution in [0.15, 0.2) is 0 Å². The average Bonchev–Trinajstić information content (AvgIpc) is 2.31. The van der Waals surface area contributed by atoms with Crippen molar-refractivity contribution in [2.75, 3.05) is 0 Å². The summed E-state index contributed by atoms with van der Waals surface area (Å²) in [5, 5.41) is 7.78. The molecule has 0 spiro atoms.